The third kappa shape index (κ3) is 15.4. The molecule has 0 bridgehead atoms. The van der Waals surface area contributed by atoms with E-state index in [-0.39, 0.29) is 12.8 Å². The molecular formula is C24H44N2O4. The summed E-state index contributed by atoms with van der Waals surface area (Å²) in [6.07, 6.45) is 22.8. The highest BCUT2D eigenvalue weighted by atomic mass is 16.4. The molecule has 1 aliphatic heterocycles. The highest BCUT2D eigenvalue weighted by Crippen LogP contribution is 2.21. The normalized spacial score (nSPS) is 21.3. The van der Waals surface area contributed by atoms with Crippen LogP contribution in [0, 0.1) is 0 Å². The number of carbonyl (C=O) groups is 2. The minimum absolute atomic E-state index is 0.296. The van der Waals surface area contributed by atoms with Crippen LogP contribution in [0.4, 0.5) is 0 Å². The van der Waals surface area contributed by atoms with Gasteiger partial charge in [0.1, 0.15) is 0 Å². The summed E-state index contributed by atoms with van der Waals surface area (Å²) >= 11 is 0. The lowest BCUT2D eigenvalue weighted by Gasteiger charge is -2.32. The minimum atomic E-state index is -1.08. The lowest BCUT2D eigenvalue weighted by molar-refractivity contribution is -0.143. The maximum absolute atomic E-state index is 9.64. The molecule has 0 spiro atoms. The second-order valence-corrected chi connectivity index (χ2v) is 8.67. The van der Waals surface area contributed by atoms with E-state index in [0.29, 0.717) is 0 Å². The average Bonchev–Trinajstić information content (AvgIpc) is 2.82. The highest BCUT2D eigenvalue weighted by molar-refractivity contribution is 5.75. The van der Waals surface area contributed by atoms with Crippen molar-refractivity contribution in [1.82, 2.24) is 4.90 Å². The molecule has 2 N–H and O–H groups in total. The standard InChI is InChI=1S/C20H38N2.C4H6O4/c1-2-4-6-10-15-20(14-9-5-3-1)22-18-12-8-7-11-16-21-17-13-19-22;5-3(6)1-2-4(7)8/h16,20H,1-15,17-19H2;1-2H2,(H,5,6)(H,7,8). The molecule has 2 aliphatic rings. The van der Waals surface area contributed by atoms with Crippen molar-refractivity contribution in [2.45, 2.75) is 115 Å². The van der Waals surface area contributed by atoms with Crippen LogP contribution in [0.2, 0.25) is 0 Å². The number of aliphatic carboxylic acids is 2. The van der Waals surface area contributed by atoms with E-state index in [4.69, 9.17) is 10.2 Å². The molecule has 1 heterocycles. The van der Waals surface area contributed by atoms with E-state index in [0.717, 1.165) is 12.6 Å². The molecule has 174 valence electrons. The summed E-state index contributed by atoms with van der Waals surface area (Å²) in [4.78, 5) is 26.7. The summed E-state index contributed by atoms with van der Waals surface area (Å²) in [7, 11) is 0. The van der Waals surface area contributed by atoms with E-state index in [2.05, 4.69) is 16.1 Å². The number of aliphatic imine (C=N–C) groups is 1. The lowest BCUT2D eigenvalue weighted by Crippen LogP contribution is -2.37. The van der Waals surface area contributed by atoms with E-state index < -0.39 is 11.9 Å². The van der Waals surface area contributed by atoms with Crippen molar-refractivity contribution in [3.8, 4) is 0 Å². The summed E-state index contributed by atoms with van der Waals surface area (Å²) in [6, 6.07) is 0.864. The first-order valence-corrected chi connectivity index (χ1v) is 12.3. The van der Waals surface area contributed by atoms with Crippen LogP contribution in [0.5, 0.6) is 0 Å². The molecule has 0 aromatic rings. The smallest absolute Gasteiger partial charge is 0.303 e. The van der Waals surface area contributed by atoms with E-state index in [1.54, 1.807) is 0 Å². The van der Waals surface area contributed by atoms with Crippen molar-refractivity contribution in [1.29, 1.82) is 0 Å². The Bertz CT molecular complexity index is 456. The molecule has 0 saturated heterocycles. The number of nitrogens with zero attached hydrogens (tertiary/aromatic N) is 2. The first-order chi connectivity index (χ1) is 14.6. The van der Waals surface area contributed by atoms with E-state index in [9.17, 15) is 9.59 Å². The lowest BCUT2D eigenvalue weighted by atomic mass is 10.00. The summed E-state index contributed by atoms with van der Waals surface area (Å²) < 4.78 is 0. The van der Waals surface area contributed by atoms with Crippen molar-refractivity contribution in [3.05, 3.63) is 0 Å². The van der Waals surface area contributed by atoms with Gasteiger partial charge in [0.05, 0.1) is 12.8 Å². The van der Waals surface area contributed by atoms with Crippen LogP contribution in [-0.4, -0.2) is 58.9 Å². The quantitative estimate of drug-likeness (QED) is 0.618. The van der Waals surface area contributed by atoms with Gasteiger partial charge in [0.25, 0.3) is 0 Å². The Balaban J connectivity index is 0.000000479. The van der Waals surface area contributed by atoms with Crippen LogP contribution < -0.4 is 0 Å². The zero-order valence-corrected chi connectivity index (χ0v) is 18.9. The molecule has 30 heavy (non-hydrogen) atoms. The second-order valence-electron chi connectivity index (χ2n) is 8.67. The molecule has 0 radical (unpaired) electrons. The van der Waals surface area contributed by atoms with Crippen molar-refractivity contribution in [2.24, 2.45) is 4.99 Å². The number of rotatable bonds is 4. The Morgan fingerprint density at radius 3 is 1.80 bits per heavy atom. The van der Waals surface area contributed by atoms with Gasteiger partial charge >= 0.3 is 11.9 Å². The number of hydrogen-bond acceptors (Lipinski definition) is 4. The maximum Gasteiger partial charge on any atom is 0.303 e. The molecule has 0 aromatic carbocycles. The minimum Gasteiger partial charge on any atom is -0.481 e. The average molecular weight is 425 g/mol. The van der Waals surface area contributed by atoms with Crippen LogP contribution >= 0.6 is 0 Å². The first kappa shape index (κ1) is 26.6. The van der Waals surface area contributed by atoms with Crippen LogP contribution in [0.15, 0.2) is 4.99 Å². The predicted molar refractivity (Wildman–Crippen MR) is 122 cm³/mol. The number of hydrogen-bond donors (Lipinski definition) is 2. The third-order valence-electron chi connectivity index (χ3n) is 6.03. The van der Waals surface area contributed by atoms with Gasteiger partial charge in [-0.25, -0.2) is 0 Å². The van der Waals surface area contributed by atoms with Gasteiger partial charge in [0, 0.05) is 19.1 Å². The maximum atomic E-state index is 9.64. The van der Waals surface area contributed by atoms with Crippen molar-refractivity contribution in [2.75, 3.05) is 19.6 Å². The van der Waals surface area contributed by atoms with Gasteiger partial charge in [-0.1, -0.05) is 57.8 Å². The van der Waals surface area contributed by atoms with E-state index >= 15 is 0 Å². The van der Waals surface area contributed by atoms with Crippen molar-refractivity contribution in [3.63, 3.8) is 0 Å². The highest BCUT2D eigenvalue weighted by Gasteiger charge is 2.18. The largest absolute Gasteiger partial charge is 0.481 e. The van der Waals surface area contributed by atoms with Gasteiger partial charge in [-0.3, -0.25) is 14.6 Å². The van der Waals surface area contributed by atoms with Crippen LogP contribution in [0.25, 0.3) is 0 Å². The van der Waals surface area contributed by atoms with Crippen LogP contribution in [-0.2, 0) is 9.59 Å². The molecule has 1 aliphatic carbocycles. The zero-order chi connectivity index (χ0) is 21.9. The molecule has 0 aromatic heterocycles. The molecule has 6 heteroatoms. The number of carboxylic acid groups (broad SMARTS) is 2. The Morgan fingerprint density at radius 2 is 1.23 bits per heavy atom. The fraction of sp³-hybridized carbons (Fsp3) is 0.875. The first-order valence-electron chi connectivity index (χ1n) is 12.3. The molecule has 1 saturated carbocycles. The third-order valence-corrected chi connectivity index (χ3v) is 6.03. The predicted octanol–water partition coefficient (Wildman–Crippen LogP) is 5.54. The van der Waals surface area contributed by atoms with Crippen molar-refractivity contribution < 1.29 is 19.8 Å². The molecule has 6 nitrogen and oxygen atoms in total. The molecule has 0 amide bonds. The molecule has 1 fully saturated rings. The van der Waals surface area contributed by atoms with Gasteiger partial charge in [-0.2, -0.15) is 0 Å². The van der Waals surface area contributed by atoms with Crippen LogP contribution in [0.1, 0.15) is 109 Å². The summed E-state index contributed by atoms with van der Waals surface area (Å²) in [6.45, 7) is 3.66. The fourth-order valence-electron chi connectivity index (χ4n) is 4.30. The Labute approximate surface area is 183 Å². The summed E-state index contributed by atoms with van der Waals surface area (Å²) in [5.41, 5.74) is 0. The SMILES string of the molecule is C1=NCCCN(C2CCCCCCCCCC2)CCCCC1.O=C(O)CCC(=O)O. The van der Waals surface area contributed by atoms with Crippen LogP contribution in [0.3, 0.4) is 0 Å². The summed E-state index contributed by atoms with van der Waals surface area (Å²) in [5, 5.41) is 15.8. The topological polar surface area (TPSA) is 90.2 Å². The van der Waals surface area contributed by atoms with Crippen molar-refractivity contribution >= 4 is 18.2 Å². The fourth-order valence-corrected chi connectivity index (χ4v) is 4.30. The molecule has 2 rings (SSSR count). The Morgan fingerprint density at radius 1 is 0.733 bits per heavy atom. The van der Waals surface area contributed by atoms with Gasteiger partial charge in [0.15, 0.2) is 0 Å². The van der Waals surface area contributed by atoms with Gasteiger partial charge in [0.2, 0.25) is 0 Å². The van der Waals surface area contributed by atoms with Gasteiger partial charge in [-0.15, -0.1) is 0 Å². The van der Waals surface area contributed by atoms with E-state index in [1.807, 2.05) is 0 Å². The zero-order valence-electron chi connectivity index (χ0n) is 18.9. The monoisotopic (exact) mass is 424 g/mol. The molecule has 0 atom stereocenters. The summed E-state index contributed by atoms with van der Waals surface area (Å²) in [5.74, 6) is -2.15. The van der Waals surface area contributed by atoms with Gasteiger partial charge < -0.3 is 15.1 Å². The van der Waals surface area contributed by atoms with E-state index in [1.165, 1.54) is 109 Å². The Hall–Kier alpha value is -1.43. The molecular weight excluding hydrogens is 380 g/mol. The van der Waals surface area contributed by atoms with Gasteiger partial charge in [-0.05, 0) is 51.3 Å². The Kier molecular flexibility index (Phi) is 16.3. The second kappa shape index (κ2) is 18.3. The molecule has 0 unspecified atom stereocenters. The number of carboxylic acids is 2.